The molecule has 1 aromatic rings. The summed E-state index contributed by atoms with van der Waals surface area (Å²) >= 11 is 11.8. The maximum Gasteiger partial charge on any atom is 0.228 e. The van der Waals surface area contributed by atoms with Crippen LogP contribution in [0.25, 0.3) is 0 Å². The van der Waals surface area contributed by atoms with Gasteiger partial charge in [-0.3, -0.25) is 9.59 Å². The van der Waals surface area contributed by atoms with E-state index in [1.54, 1.807) is 18.2 Å². The van der Waals surface area contributed by atoms with E-state index in [0.29, 0.717) is 28.2 Å². The Morgan fingerprint density at radius 3 is 2.36 bits per heavy atom. The second-order valence-corrected chi connectivity index (χ2v) is 6.87. The van der Waals surface area contributed by atoms with Crippen molar-refractivity contribution in [2.24, 2.45) is 11.8 Å². The summed E-state index contributed by atoms with van der Waals surface area (Å²) in [6, 6.07) is 5.24. The van der Waals surface area contributed by atoms with Gasteiger partial charge in [0.05, 0.1) is 21.9 Å². The van der Waals surface area contributed by atoms with Gasteiger partial charge in [-0.15, -0.1) is 0 Å². The molecule has 2 fully saturated rings. The standard InChI is InChI=1S/C16H18Cl2N2O2/c17-13-6-5-10(7-14(13)18)20-16(22)12-8-11(12)15(21)19-9-3-1-2-4-9/h5-7,9,11-12H,1-4,8H2,(H,19,21)(H,20,22). The first kappa shape index (κ1) is 15.6. The van der Waals surface area contributed by atoms with E-state index in [1.165, 1.54) is 12.8 Å². The van der Waals surface area contributed by atoms with Gasteiger partial charge in [-0.05, 0) is 37.5 Å². The lowest BCUT2D eigenvalue weighted by Crippen LogP contribution is -2.34. The minimum Gasteiger partial charge on any atom is -0.353 e. The fraction of sp³-hybridized carbons (Fsp3) is 0.500. The van der Waals surface area contributed by atoms with Crippen LogP contribution in [0, 0.1) is 11.8 Å². The predicted molar refractivity (Wildman–Crippen MR) is 87.1 cm³/mol. The third-order valence-electron chi connectivity index (χ3n) is 4.35. The Morgan fingerprint density at radius 1 is 1.00 bits per heavy atom. The van der Waals surface area contributed by atoms with Gasteiger partial charge in [-0.25, -0.2) is 0 Å². The molecule has 4 nitrogen and oxygen atoms in total. The molecule has 0 saturated heterocycles. The number of amides is 2. The van der Waals surface area contributed by atoms with Crippen LogP contribution in [-0.4, -0.2) is 17.9 Å². The Balaban J connectivity index is 1.51. The summed E-state index contributed by atoms with van der Waals surface area (Å²) < 4.78 is 0. The van der Waals surface area contributed by atoms with Gasteiger partial charge in [0.2, 0.25) is 11.8 Å². The highest BCUT2D eigenvalue weighted by molar-refractivity contribution is 6.42. The maximum atomic E-state index is 12.2. The van der Waals surface area contributed by atoms with Crippen LogP contribution in [0.2, 0.25) is 10.0 Å². The van der Waals surface area contributed by atoms with Crippen molar-refractivity contribution in [3.05, 3.63) is 28.2 Å². The number of hydrogen-bond acceptors (Lipinski definition) is 2. The van der Waals surface area contributed by atoms with Gasteiger partial charge in [0, 0.05) is 11.7 Å². The average molecular weight is 341 g/mol. The smallest absolute Gasteiger partial charge is 0.228 e. The summed E-state index contributed by atoms with van der Waals surface area (Å²) in [5.74, 6) is -0.551. The van der Waals surface area contributed by atoms with Gasteiger partial charge < -0.3 is 10.6 Å². The van der Waals surface area contributed by atoms with Gasteiger partial charge >= 0.3 is 0 Å². The highest BCUT2D eigenvalue weighted by atomic mass is 35.5. The minimum absolute atomic E-state index is 0.0150. The molecule has 2 atom stereocenters. The third-order valence-corrected chi connectivity index (χ3v) is 5.09. The number of nitrogens with one attached hydrogen (secondary N) is 2. The lowest BCUT2D eigenvalue weighted by molar-refractivity contribution is -0.125. The maximum absolute atomic E-state index is 12.2. The van der Waals surface area contributed by atoms with Crippen molar-refractivity contribution in [1.82, 2.24) is 5.32 Å². The van der Waals surface area contributed by atoms with Crippen molar-refractivity contribution < 1.29 is 9.59 Å². The minimum atomic E-state index is -0.240. The number of benzene rings is 1. The molecule has 2 unspecified atom stereocenters. The highest BCUT2D eigenvalue weighted by Gasteiger charge is 2.48. The Kier molecular flexibility index (Phi) is 4.59. The number of rotatable bonds is 4. The molecular weight excluding hydrogens is 323 g/mol. The molecule has 0 radical (unpaired) electrons. The van der Waals surface area contributed by atoms with Crippen LogP contribution in [0.15, 0.2) is 18.2 Å². The van der Waals surface area contributed by atoms with Gasteiger partial charge in [0.1, 0.15) is 0 Å². The monoisotopic (exact) mass is 340 g/mol. The normalized spacial score (nSPS) is 24.1. The second-order valence-electron chi connectivity index (χ2n) is 6.06. The summed E-state index contributed by atoms with van der Waals surface area (Å²) in [6.45, 7) is 0. The van der Waals surface area contributed by atoms with Gasteiger partial charge in [-0.2, -0.15) is 0 Å². The van der Waals surface area contributed by atoms with Crippen molar-refractivity contribution >= 4 is 40.7 Å². The van der Waals surface area contributed by atoms with Crippen LogP contribution in [0.3, 0.4) is 0 Å². The van der Waals surface area contributed by atoms with Crippen LogP contribution >= 0.6 is 23.2 Å². The third kappa shape index (κ3) is 3.55. The number of carbonyl (C=O) groups excluding carboxylic acids is 2. The summed E-state index contributed by atoms with van der Waals surface area (Å²) in [6.07, 6.45) is 5.08. The fourth-order valence-corrected chi connectivity index (χ4v) is 3.26. The highest BCUT2D eigenvalue weighted by Crippen LogP contribution is 2.40. The van der Waals surface area contributed by atoms with Crippen molar-refractivity contribution in [2.45, 2.75) is 38.1 Å². The zero-order valence-corrected chi connectivity index (χ0v) is 13.6. The fourth-order valence-electron chi connectivity index (χ4n) is 2.96. The van der Waals surface area contributed by atoms with Crippen LogP contribution in [-0.2, 0) is 9.59 Å². The van der Waals surface area contributed by atoms with Crippen molar-refractivity contribution in [1.29, 1.82) is 0 Å². The number of anilines is 1. The molecule has 2 saturated carbocycles. The van der Waals surface area contributed by atoms with E-state index in [0.717, 1.165) is 12.8 Å². The average Bonchev–Trinajstić information content (AvgIpc) is 3.14. The first-order valence-electron chi connectivity index (χ1n) is 7.61. The number of hydrogen-bond donors (Lipinski definition) is 2. The number of halogens is 2. The van der Waals surface area contributed by atoms with Crippen LogP contribution in [0.4, 0.5) is 5.69 Å². The molecule has 2 aliphatic carbocycles. The lowest BCUT2D eigenvalue weighted by atomic mass is 10.2. The Bertz CT molecular complexity index is 600. The zero-order chi connectivity index (χ0) is 15.7. The SMILES string of the molecule is O=C(Nc1ccc(Cl)c(Cl)c1)C1CC1C(=O)NC1CCCC1. The molecule has 3 rings (SSSR count). The molecule has 6 heteroatoms. The van der Waals surface area contributed by atoms with E-state index in [4.69, 9.17) is 23.2 Å². The Labute approximate surface area is 139 Å². The van der Waals surface area contributed by atoms with Crippen LogP contribution in [0.1, 0.15) is 32.1 Å². The van der Waals surface area contributed by atoms with Crippen molar-refractivity contribution in [3.63, 3.8) is 0 Å². The summed E-state index contributed by atoms with van der Waals surface area (Å²) in [7, 11) is 0. The van der Waals surface area contributed by atoms with Crippen LogP contribution < -0.4 is 10.6 Å². The first-order chi connectivity index (χ1) is 10.5. The van der Waals surface area contributed by atoms with E-state index in [2.05, 4.69) is 10.6 Å². The molecule has 0 aliphatic heterocycles. The number of carbonyl (C=O) groups is 2. The lowest BCUT2D eigenvalue weighted by Gasteiger charge is -2.11. The largest absolute Gasteiger partial charge is 0.353 e. The Hall–Kier alpha value is -1.26. The van der Waals surface area contributed by atoms with E-state index in [9.17, 15) is 9.59 Å². The van der Waals surface area contributed by atoms with Crippen molar-refractivity contribution in [3.8, 4) is 0 Å². The molecular formula is C16H18Cl2N2O2. The van der Waals surface area contributed by atoms with E-state index >= 15 is 0 Å². The first-order valence-corrected chi connectivity index (χ1v) is 8.36. The van der Waals surface area contributed by atoms with Gasteiger partial charge in [-0.1, -0.05) is 36.0 Å². The Morgan fingerprint density at radius 2 is 1.68 bits per heavy atom. The molecule has 22 heavy (non-hydrogen) atoms. The van der Waals surface area contributed by atoms with E-state index in [-0.39, 0.29) is 23.7 Å². The molecule has 0 heterocycles. The summed E-state index contributed by atoms with van der Waals surface area (Å²) in [5, 5.41) is 6.68. The quantitative estimate of drug-likeness (QED) is 0.879. The topological polar surface area (TPSA) is 58.2 Å². The molecule has 2 amide bonds. The van der Waals surface area contributed by atoms with Gasteiger partial charge in [0.15, 0.2) is 0 Å². The molecule has 0 spiro atoms. The molecule has 0 aromatic heterocycles. The van der Waals surface area contributed by atoms with E-state index in [1.807, 2.05) is 0 Å². The molecule has 2 N–H and O–H groups in total. The van der Waals surface area contributed by atoms with Crippen molar-refractivity contribution in [2.75, 3.05) is 5.32 Å². The molecule has 118 valence electrons. The predicted octanol–water partition coefficient (Wildman–Crippen LogP) is 3.63. The molecule has 0 bridgehead atoms. The second kappa shape index (κ2) is 6.47. The molecule has 2 aliphatic rings. The molecule has 1 aromatic carbocycles. The summed E-state index contributed by atoms with van der Waals surface area (Å²) in [4.78, 5) is 24.3. The van der Waals surface area contributed by atoms with E-state index < -0.39 is 0 Å². The van der Waals surface area contributed by atoms with Crippen LogP contribution in [0.5, 0.6) is 0 Å². The zero-order valence-electron chi connectivity index (χ0n) is 12.1. The van der Waals surface area contributed by atoms with Gasteiger partial charge in [0.25, 0.3) is 0 Å². The summed E-state index contributed by atoms with van der Waals surface area (Å²) in [5.41, 5.74) is 0.598.